The van der Waals surface area contributed by atoms with Gasteiger partial charge in [-0.25, -0.2) is 0 Å². The lowest BCUT2D eigenvalue weighted by molar-refractivity contribution is -0.137. The Hall–Kier alpha value is -4.51. The maximum absolute atomic E-state index is 11.1. The molecule has 1 unspecified atom stereocenters. The number of hydrogen-bond acceptors (Lipinski definition) is 6. The van der Waals surface area contributed by atoms with Crippen molar-refractivity contribution in [2.75, 3.05) is 11.4 Å². The summed E-state index contributed by atoms with van der Waals surface area (Å²) >= 11 is 7.31. The molecule has 2 heterocycles. The number of allylic oxidation sites excluding steroid dienone is 9. The van der Waals surface area contributed by atoms with Crippen molar-refractivity contribution in [1.29, 1.82) is 15.8 Å². The number of hydrogen-bond donors (Lipinski definition) is 1. The fourth-order valence-electron chi connectivity index (χ4n) is 7.07. The number of rotatable bonds is 9. The Bertz CT molecular complexity index is 1830. The predicted molar refractivity (Wildman–Crippen MR) is 194 cm³/mol. The molecule has 0 bridgehead atoms. The molecule has 0 saturated heterocycles. The highest BCUT2D eigenvalue weighted by Gasteiger charge is 2.41. The monoisotopic (exact) mass is 678 g/mol. The number of halogens is 1. The number of carboxylic acids is 1. The molecule has 3 aliphatic rings. The Morgan fingerprint density at radius 1 is 1.06 bits per heavy atom. The van der Waals surface area contributed by atoms with Gasteiger partial charge in [0.15, 0.2) is 11.3 Å². The van der Waals surface area contributed by atoms with E-state index >= 15 is 0 Å². The highest BCUT2D eigenvalue weighted by molar-refractivity contribution is 6.32. The summed E-state index contributed by atoms with van der Waals surface area (Å²) in [6.45, 7) is 17.8. The van der Waals surface area contributed by atoms with E-state index in [4.69, 9.17) is 21.4 Å². The van der Waals surface area contributed by atoms with Crippen molar-refractivity contribution in [3.05, 3.63) is 98.0 Å². The van der Waals surface area contributed by atoms with Gasteiger partial charge in [-0.3, -0.25) is 4.79 Å². The third kappa shape index (κ3) is 7.72. The van der Waals surface area contributed by atoms with E-state index in [-0.39, 0.29) is 34.2 Å². The highest BCUT2D eigenvalue weighted by atomic mass is 35.5. The van der Waals surface area contributed by atoms with Gasteiger partial charge in [0.1, 0.15) is 29.4 Å². The molecule has 256 valence electrons. The lowest BCUT2D eigenvalue weighted by Gasteiger charge is -2.36. The molecule has 49 heavy (non-hydrogen) atoms. The molecule has 1 N–H and O–H groups in total. The highest BCUT2D eigenvalue weighted by Crippen LogP contribution is 2.50. The first kappa shape index (κ1) is 37.3. The summed E-state index contributed by atoms with van der Waals surface area (Å²) in [5.41, 5.74) is 6.16. The molecule has 0 radical (unpaired) electrons. The number of ether oxygens (including phenoxy) is 1. The second-order valence-corrected chi connectivity index (χ2v) is 15.7. The molecule has 0 amide bonds. The third-order valence-electron chi connectivity index (χ3n) is 10.1. The number of para-hydroxylation sites is 1. The molecule has 0 saturated carbocycles. The zero-order valence-corrected chi connectivity index (χ0v) is 30.8. The van der Waals surface area contributed by atoms with Crippen LogP contribution in [0.1, 0.15) is 99.5 Å². The average Bonchev–Trinajstić information content (AvgIpc) is 3.41. The second-order valence-electron chi connectivity index (χ2n) is 15.3. The summed E-state index contributed by atoms with van der Waals surface area (Å²) in [7, 11) is 0. The van der Waals surface area contributed by atoms with Crippen LogP contribution >= 0.6 is 11.6 Å². The number of carbonyl (C=O) groups is 1. The van der Waals surface area contributed by atoms with Gasteiger partial charge >= 0.3 is 5.97 Å². The number of carboxylic acid groups (broad SMARTS) is 1. The van der Waals surface area contributed by atoms with Crippen LogP contribution in [0.3, 0.4) is 0 Å². The van der Waals surface area contributed by atoms with Crippen LogP contribution < -0.4 is 4.90 Å². The minimum atomic E-state index is -0.917. The van der Waals surface area contributed by atoms with Crippen molar-refractivity contribution in [2.45, 2.75) is 105 Å². The molecule has 1 atom stereocenters. The zero-order valence-electron chi connectivity index (χ0n) is 30.0. The molecule has 1 aromatic carbocycles. The SMILES string of the molecule is CC(C=C1N(CCCCCC(=O)O)c2ccccc2C1(C)C)=C1CC(C(C)(C)C)CC(C=CC2=C(C#N)C(=C(C#N)C#N)OC2(C)C)=C1Cl. The number of unbranched alkanes of at least 4 members (excludes halogenated alkanes) is 2. The summed E-state index contributed by atoms with van der Waals surface area (Å²) in [6, 6.07) is 14.4. The summed E-state index contributed by atoms with van der Waals surface area (Å²) in [5, 5.41) is 38.8. The number of nitriles is 3. The van der Waals surface area contributed by atoms with Crippen molar-refractivity contribution in [1.82, 2.24) is 0 Å². The van der Waals surface area contributed by atoms with Crippen LogP contribution in [0, 0.1) is 45.3 Å². The van der Waals surface area contributed by atoms with Gasteiger partial charge in [0.25, 0.3) is 0 Å². The first-order valence-corrected chi connectivity index (χ1v) is 17.3. The molecular formula is C41H47ClN4O3. The van der Waals surface area contributed by atoms with E-state index in [0.717, 1.165) is 48.9 Å². The normalized spacial score (nSPS) is 21.8. The van der Waals surface area contributed by atoms with Gasteiger partial charge in [-0.1, -0.05) is 83.0 Å². The Morgan fingerprint density at radius 2 is 1.73 bits per heavy atom. The van der Waals surface area contributed by atoms with Crippen LogP contribution in [0.5, 0.6) is 0 Å². The summed E-state index contributed by atoms with van der Waals surface area (Å²) in [4.78, 5) is 13.5. The quantitative estimate of drug-likeness (QED) is 0.204. The van der Waals surface area contributed by atoms with E-state index in [2.05, 4.69) is 82.9 Å². The van der Waals surface area contributed by atoms with Gasteiger partial charge in [0.05, 0.1) is 0 Å². The Balaban J connectivity index is 1.81. The first-order valence-electron chi connectivity index (χ1n) is 16.9. The van der Waals surface area contributed by atoms with Gasteiger partial charge in [-0.15, -0.1) is 0 Å². The van der Waals surface area contributed by atoms with Crippen molar-refractivity contribution >= 4 is 23.3 Å². The maximum Gasteiger partial charge on any atom is 0.303 e. The van der Waals surface area contributed by atoms with E-state index in [1.54, 1.807) is 0 Å². The molecule has 1 aliphatic carbocycles. The fraction of sp³-hybridized carbons (Fsp3) is 0.463. The molecule has 1 aromatic rings. The number of aliphatic carboxylic acids is 1. The average molecular weight is 679 g/mol. The summed E-state index contributed by atoms with van der Waals surface area (Å²) in [6.07, 6.45) is 10.3. The molecule has 0 aromatic heterocycles. The Morgan fingerprint density at radius 3 is 2.35 bits per heavy atom. The van der Waals surface area contributed by atoms with E-state index in [1.807, 2.05) is 38.1 Å². The number of fused-ring (bicyclic) bond motifs is 1. The Kier molecular flexibility index (Phi) is 11.1. The largest absolute Gasteiger partial charge is 0.481 e. The van der Waals surface area contributed by atoms with Gasteiger partial charge in [-0.2, -0.15) is 15.8 Å². The van der Waals surface area contributed by atoms with E-state index in [1.165, 1.54) is 16.9 Å². The standard InChI is InChI=1S/C41H47ClN4O3/c1-26(20-35-40(5,6)33-14-11-12-15-34(33)46(35)19-13-9-10-16-36(47)48)30-22-29(39(2,3)4)21-27(37(30)42)17-18-32-31(25-45)38(28(23-43)24-44)49-41(32,7)8/h11-12,14-15,17-18,20,29H,9-10,13,16,19,21-22H2,1-8H3,(H,47,48). The van der Waals surface area contributed by atoms with Gasteiger partial charge < -0.3 is 14.7 Å². The van der Waals surface area contributed by atoms with Crippen LogP contribution in [0.2, 0.25) is 0 Å². The molecule has 0 fully saturated rings. The van der Waals surface area contributed by atoms with Crippen molar-refractivity contribution in [2.24, 2.45) is 11.3 Å². The molecular weight excluding hydrogens is 632 g/mol. The van der Waals surface area contributed by atoms with Crippen LogP contribution in [0.25, 0.3) is 0 Å². The van der Waals surface area contributed by atoms with E-state index in [9.17, 15) is 20.6 Å². The second kappa shape index (κ2) is 14.5. The van der Waals surface area contributed by atoms with Crippen LogP contribution in [-0.4, -0.2) is 23.2 Å². The minimum Gasteiger partial charge on any atom is -0.481 e. The fourth-order valence-corrected chi connectivity index (χ4v) is 7.43. The zero-order chi connectivity index (χ0) is 36.3. The summed E-state index contributed by atoms with van der Waals surface area (Å²) < 4.78 is 5.98. The molecule has 4 rings (SSSR count). The van der Waals surface area contributed by atoms with Gasteiger partial charge in [-0.05, 0) is 92.2 Å². The molecule has 2 aliphatic heterocycles. The number of benzene rings is 1. The maximum atomic E-state index is 11.1. The first-order chi connectivity index (χ1) is 23.0. The van der Waals surface area contributed by atoms with Crippen LogP contribution in [0.4, 0.5) is 5.69 Å². The van der Waals surface area contributed by atoms with Crippen molar-refractivity contribution in [3.8, 4) is 18.2 Å². The van der Waals surface area contributed by atoms with Crippen molar-refractivity contribution in [3.63, 3.8) is 0 Å². The Labute approximate surface area is 296 Å². The van der Waals surface area contributed by atoms with Crippen LogP contribution in [-0.2, 0) is 14.9 Å². The molecule has 7 nitrogen and oxygen atoms in total. The number of nitrogens with zero attached hydrogens (tertiary/aromatic N) is 4. The van der Waals surface area contributed by atoms with Gasteiger partial charge in [0.2, 0.25) is 0 Å². The lowest BCUT2D eigenvalue weighted by Crippen LogP contribution is -2.28. The minimum absolute atomic E-state index is 0.00255. The predicted octanol–water partition coefficient (Wildman–Crippen LogP) is 10.1. The van der Waals surface area contributed by atoms with E-state index < -0.39 is 11.6 Å². The van der Waals surface area contributed by atoms with Gasteiger partial charge in [0, 0.05) is 40.4 Å². The lowest BCUT2D eigenvalue weighted by atomic mass is 9.70. The molecule has 0 spiro atoms. The van der Waals surface area contributed by atoms with Crippen molar-refractivity contribution < 1.29 is 14.6 Å². The smallest absolute Gasteiger partial charge is 0.303 e. The molecule has 8 heteroatoms. The number of anilines is 1. The topological polar surface area (TPSA) is 121 Å². The summed E-state index contributed by atoms with van der Waals surface area (Å²) in [5.74, 6) is -0.441. The van der Waals surface area contributed by atoms with E-state index in [0.29, 0.717) is 22.9 Å². The third-order valence-corrected chi connectivity index (χ3v) is 10.6. The van der Waals surface area contributed by atoms with Crippen LogP contribution in [0.15, 0.2) is 92.4 Å².